The van der Waals surface area contributed by atoms with E-state index < -0.39 is 0 Å². The quantitative estimate of drug-likeness (QED) is 0.566. The second kappa shape index (κ2) is 9.43. The van der Waals surface area contributed by atoms with Crippen LogP contribution >= 0.6 is 11.3 Å². The molecule has 29 heavy (non-hydrogen) atoms. The van der Waals surface area contributed by atoms with Gasteiger partial charge in [0.25, 0.3) is 0 Å². The molecule has 1 aliphatic rings. The van der Waals surface area contributed by atoms with Crippen LogP contribution in [0.25, 0.3) is 10.6 Å². The summed E-state index contributed by atoms with van der Waals surface area (Å²) in [4.78, 5) is 3.64. The van der Waals surface area contributed by atoms with Crippen molar-refractivity contribution in [2.24, 2.45) is 0 Å². The summed E-state index contributed by atoms with van der Waals surface area (Å²) in [5.74, 6) is 1.50. The first-order chi connectivity index (χ1) is 14.3. The smallest absolute Gasteiger partial charge is 0.161 e. The fourth-order valence-electron chi connectivity index (χ4n) is 3.80. The number of nitrogens with zero attached hydrogens (tertiary/aromatic N) is 2. The van der Waals surface area contributed by atoms with E-state index in [4.69, 9.17) is 14.2 Å². The summed E-state index contributed by atoms with van der Waals surface area (Å²) in [6.45, 7) is 3.36. The number of H-pyrrole nitrogens is 1. The van der Waals surface area contributed by atoms with E-state index in [9.17, 15) is 0 Å². The lowest BCUT2D eigenvalue weighted by Crippen LogP contribution is -2.31. The van der Waals surface area contributed by atoms with E-state index in [2.05, 4.69) is 44.7 Å². The van der Waals surface area contributed by atoms with E-state index in [1.807, 2.05) is 12.3 Å². The normalized spacial score (nSPS) is 16.4. The van der Waals surface area contributed by atoms with E-state index in [1.165, 1.54) is 16.0 Å². The Balaban J connectivity index is 1.55. The summed E-state index contributed by atoms with van der Waals surface area (Å²) in [5.41, 5.74) is 3.48. The molecule has 1 aliphatic heterocycles. The molecule has 6 nitrogen and oxygen atoms in total. The first-order valence-electron chi connectivity index (χ1n) is 9.88. The maximum absolute atomic E-state index is 5.92. The number of methoxy groups -OCH3 is 2. The van der Waals surface area contributed by atoms with Crippen molar-refractivity contribution in [3.05, 3.63) is 53.0 Å². The summed E-state index contributed by atoms with van der Waals surface area (Å²) in [7, 11) is 3.33. The predicted molar refractivity (Wildman–Crippen MR) is 115 cm³/mol. The van der Waals surface area contributed by atoms with Gasteiger partial charge in [-0.25, -0.2) is 0 Å². The van der Waals surface area contributed by atoms with Crippen molar-refractivity contribution in [1.82, 2.24) is 15.1 Å². The first kappa shape index (κ1) is 19.9. The summed E-state index contributed by atoms with van der Waals surface area (Å²) in [6.07, 6.45) is 4.48. The fraction of sp³-hybridized carbons (Fsp3) is 0.409. The van der Waals surface area contributed by atoms with E-state index >= 15 is 0 Å². The number of nitrogens with one attached hydrogen (secondary N) is 1. The molecule has 0 spiro atoms. The number of hydrogen-bond acceptors (Lipinski definition) is 6. The molecule has 0 bridgehead atoms. The summed E-state index contributed by atoms with van der Waals surface area (Å²) in [5, 5.41) is 9.57. The Bertz CT molecular complexity index is 904. The van der Waals surface area contributed by atoms with Crippen molar-refractivity contribution in [2.45, 2.75) is 32.0 Å². The minimum Gasteiger partial charge on any atom is -0.493 e. The van der Waals surface area contributed by atoms with Crippen LogP contribution in [-0.4, -0.2) is 48.6 Å². The summed E-state index contributed by atoms with van der Waals surface area (Å²) < 4.78 is 16.8. The molecule has 0 aliphatic carbocycles. The van der Waals surface area contributed by atoms with Crippen LogP contribution in [0, 0.1) is 0 Å². The molecule has 7 heteroatoms. The molecule has 3 heterocycles. The number of thiophene rings is 1. The highest BCUT2D eigenvalue weighted by Gasteiger charge is 2.21. The van der Waals surface area contributed by atoms with Crippen LogP contribution in [0.1, 0.15) is 24.0 Å². The average Bonchev–Trinajstić information content (AvgIpc) is 3.50. The van der Waals surface area contributed by atoms with Crippen molar-refractivity contribution in [3.8, 4) is 22.1 Å². The van der Waals surface area contributed by atoms with Gasteiger partial charge < -0.3 is 14.2 Å². The molecule has 1 N–H and O–H groups in total. The Hall–Kier alpha value is -2.35. The molecular formula is C22H27N3O3S. The van der Waals surface area contributed by atoms with Gasteiger partial charge in [0.05, 0.1) is 37.1 Å². The molecule has 1 aromatic carbocycles. The molecular weight excluding hydrogens is 386 g/mol. The standard InChI is InChI=1S/C22H27N3O3S/c1-26-19-8-7-16(11-20(19)27-2)13-25(15-18-5-3-9-28-18)14-17-12-23-24-22(17)21-6-4-10-29-21/h4,6-8,10-12,18H,3,5,9,13-15H2,1-2H3,(H,23,24). The van der Waals surface area contributed by atoms with Crippen LogP contribution in [-0.2, 0) is 17.8 Å². The minimum atomic E-state index is 0.284. The fourth-order valence-corrected chi connectivity index (χ4v) is 4.56. The summed E-state index contributed by atoms with van der Waals surface area (Å²) in [6, 6.07) is 10.3. The lowest BCUT2D eigenvalue weighted by Gasteiger charge is -2.25. The minimum absolute atomic E-state index is 0.284. The van der Waals surface area contributed by atoms with Crippen molar-refractivity contribution in [3.63, 3.8) is 0 Å². The maximum Gasteiger partial charge on any atom is 0.161 e. The molecule has 0 amide bonds. The second-order valence-corrected chi connectivity index (χ2v) is 8.19. The monoisotopic (exact) mass is 413 g/mol. The van der Waals surface area contributed by atoms with Crippen molar-refractivity contribution in [1.29, 1.82) is 0 Å². The van der Waals surface area contributed by atoms with Gasteiger partial charge >= 0.3 is 0 Å². The van der Waals surface area contributed by atoms with Gasteiger partial charge in [-0.15, -0.1) is 11.3 Å². The Kier molecular flexibility index (Phi) is 6.49. The van der Waals surface area contributed by atoms with Gasteiger partial charge in [0.1, 0.15) is 0 Å². The number of ether oxygens (including phenoxy) is 3. The van der Waals surface area contributed by atoms with E-state index in [-0.39, 0.29) is 6.10 Å². The highest BCUT2D eigenvalue weighted by Crippen LogP contribution is 2.30. The van der Waals surface area contributed by atoms with Gasteiger partial charge in [-0.1, -0.05) is 12.1 Å². The van der Waals surface area contributed by atoms with Gasteiger partial charge in [-0.05, 0) is 42.0 Å². The van der Waals surface area contributed by atoms with Crippen LogP contribution in [0.2, 0.25) is 0 Å². The highest BCUT2D eigenvalue weighted by molar-refractivity contribution is 7.13. The van der Waals surface area contributed by atoms with Crippen LogP contribution in [0.5, 0.6) is 11.5 Å². The average molecular weight is 414 g/mol. The van der Waals surface area contributed by atoms with Gasteiger partial charge in [0.2, 0.25) is 0 Å². The Morgan fingerprint density at radius 2 is 2.10 bits per heavy atom. The molecule has 1 fully saturated rings. The molecule has 3 aromatic rings. The predicted octanol–water partition coefficient (Wildman–Crippen LogP) is 4.34. The molecule has 0 radical (unpaired) electrons. The van der Waals surface area contributed by atoms with Crippen LogP contribution in [0.4, 0.5) is 0 Å². The van der Waals surface area contributed by atoms with Crippen molar-refractivity contribution in [2.75, 3.05) is 27.4 Å². The van der Waals surface area contributed by atoms with E-state index in [1.54, 1.807) is 25.6 Å². The van der Waals surface area contributed by atoms with Gasteiger partial charge in [0.15, 0.2) is 11.5 Å². The zero-order chi connectivity index (χ0) is 20.1. The molecule has 4 rings (SSSR count). The van der Waals surface area contributed by atoms with Crippen LogP contribution in [0.15, 0.2) is 41.9 Å². The van der Waals surface area contributed by atoms with Gasteiger partial charge in [-0.3, -0.25) is 10.00 Å². The SMILES string of the molecule is COc1ccc(CN(Cc2cn[nH]c2-c2cccs2)CC2CCCO2)cc1OC. The lowest BCUT2D eigenvalue weighted by atomic mass is 10.1. The summed E-state index contributed by atoms with van der Waals surface area (Å²) >= 11 is 1.72. The molecule has 1 atom stereocenters. The third-order valence-corrected chi connectivity index (χ3v) is 6.11. The lowest BCUT2D eigenvalue weighted by molar-refractivity contribution is 0.0679. The molecule has 154 valence electrons. The number of hydrogen-bond donors (Lipinski definition) is 1. The second-order valence-electron chi connectivity index (χ2n) is 7.24. The largest absolute Gasteiger partial charge is 0.493 e. The molecule has 0 saturated carbocycles. The van der Waals surface area contributed by atoms with Gasteiger partial charge in [-0.2, -0.15) is 5.10 Å². The van der Waals surface area contributed by atoms with Crippen LogP contribution < -0.4 is 9.47 Å². The Morgan fingerprint density at radius 1 is 1.21 bits per heavy atom. The van der Waals surface area contributed by atoms with Crippen molar-refractivity contribution < 1.29 is 14.2 Å². The van der Waals surface area contributed by atoms with Crippen molar-refractivity contribution >= 4 is 11.3 Å². The molecule has 1 unspecified atom stereocenters. The van der Waals surface area contributed by atoms with Crippen LogP contribution in [0.3, 0.4) is 0 Å². The Labute approximate surface area is 175 Å². The Morgan fingerprint density at radius 3 is 2.83 bits per heavy atom. The maximum atomic E-state index is 5.92. The molecule has 1 saturated heterocycles. The number of aromatic nitrogens is 2. The van der Waals surface area contributed by atoms with E-state index in [0.717, 1.165) is 56.3 Å². The zero-order valence-corrected chi connectivity index (χ0v) is 17.7. The third kappa shape index (κ3) is 4.80. The van der Waals surface area contributed by atoms with Gasteiger partial charge in [0, 0.05) is 31.8 Å². The zero-order valence-electron chi connectivity index (χ0n) is 16.9. The number of aromatic amines is 1. The topological polar surface area (TPSA) is 59.6 Å². The number of benzene rings is 1. The van der Waals surface area contributed by atoms with E-state index in [0.29, 0.717) is 0 Å². The molecule has 2 aromatic heterocycles. The third-order valence-electron chi connectivity index (χ3n) is 5.22. The first-order valence-corrected chi connectivity index (χ1v) is 10.8. The number of rotatable bonds is 9. The highest BCUT2D eigenvalue weighted by atomic mass is 32.1.